The molecular formula is C29H30N2O. The van der Waals surface area contributed by atoms with E-state index in [9.17, 15) is 0 Å². The highest BCUT2D eigenvalue weighted by atomic mass is 16.5. The van der Waals surface area contributed by atoms with Crippen LogP contribution in [0.4, 0.5) is 0 Å². The molecule has 3 nitrogen and oxygen atoms in total. The third kappa shape index (κ3) is 4.55. The minimum absolute atomic E-state index is 0.146. The maximum atomic E-state index is 6.42. The summed E-state index contributed by atoms with van der Waals surface area (Å²) in [4.78, 5) is 2.62. The molecule has 0 spiro atoms. The molecule has 0 bridgehead atoms. The molecule has 0 amide bonds. The Balaban J connectivity index is 1.58. The van der Waals surface area contributed by atoms with Crippen LogP contribution in [0, 0.1) is 0 Å². The normalized spacial score (nSPS) is 15.9. The van der Waals surface area contributed by atoms with E-state index in [0.717, 1.165) is 38.3 Å². The molecule has 1 saturated heterocycles. The van der Waals surface area contributed by atoms with Gasteiger partial charge in [-0.25, -0.2) is 0 Å². The van der Waals surface area contributed by atoms with Gasteiger partial charge in [-0.1, -0.05) is 91.0 Å². The number of ether oxygens (including phenoxy) is 1. The lowest BCUT2D eigenvalue weighted by molar-refractivity contribution is 0.231. The van der Waals surface area contributed by atoms with Crippen molar-refractivity contribution in [3.05, 3.63) is 114 Å². The topological polar surface area (TPSA) is 24.5 Å². The molecule has 1 aliphatic rings. The fourth-order valence-corrected chi connectivity index (χ4v) is 4.75. The summed E-state index contributed by atoms with van der Waals surface area (Å²) < 4.78 is 6.42. The van der Waals surface area contributed by atoms with Gasteiger partial charge in [0.1, 0.15) is 12.4 Å². The Kier molecular flexibility index (Phi) is 6.48. The van der Waals surface area contributed by atoms with Gasteiger partial charge in [0.25, 0.3) is 0 Å². The highest BCUT2D eigenvalue weighted by Crippen LogP contribution is 2.38. The van der Waals surface area contributed by atoms with Crippen LogP contribution in [0.1, 0.15) is 29.2 Å². The quantitative estimate of drug-likeness (QED) is 0.425. The standard InChI is InChI=1S/C29H30N2O/c1-2-10-23(11-3-1)22-32-28-17-7-6-15-27(28)29(31-20-9-18-30-19-21-31)26-16-8-13-24-12-4-5-14-25(24)26/h1-8,10-17,29-30H,9,18-22H2. The molecule has 1 fully saturated rings. The van der Waals surface area contributed by atoms with Gasteiger partial charge in [0, 0.05) is 25.2 Å². The van der Waals surface area contributed by atoms with Crippen molar-refractivity contribution in [2.45, 2.75) is 19.1 Å². The Labute approximate surface area is 190 Å². The van der Waals surface area contributed by atoms with Crippen LogP contribution in [0.25, 0.3) is 10.8 Å². The van der Waals surface area contributed by atoms with Crippen molar-refractivity contribution >= 4 is 10.8 Å². The predicted molar refractivity (Wildman–Crippen MR) is 132 cm³/mol. The summed E-state index contributed by atoms with van der Waals surface area (Å²) in [7, 11) is 0. The number of hydrogen-bond donors (Lipinski definition) is 1. The predicted octanol–water partition coefficient (Wildman–Crippen LogP) is 5.80. The average Bonchev–Trinajstić information content (AvgIpc) is 3.14. The third-order valence-corrected chi connectivity index (χ3v) is 6.31. The largest absolute Gasteiger partial charge is 0.489 e. The first-order valence-corrected chi connectivity index (χ1v) is 11.6. The van der Waals surface area contributed by atoms with Gasteiger partial charge < -0.3 is 10.1 Å². The number of benzene rings is 4. The van der Waals surface area contributed by atoms with Crippen molar-refractivity contribution in [1.82, 2.24) is 10.2 Å². The number of para-hydroxylation sites is 1. The van der Waals surface area contributed by atoms with Gasteiger partial charge in [-0.3, -0.25) is 4.90 Å². The zero-order valence-electron chi connectivity index (χ0n) is 18.4. The van der Waals surface area contributed by atoms with Crippen LogP contribution in [0.3, 0.4) is 0 Å². The summed E-state index contributed by atoms with van der Waals surface area (Å²) in [5.74, 6) is 0.964. The summed E-state index contributed by atoms with van der Waals surface area (Å²) in [5.41, 5.74) is 3.77. The van der Waals surface area contributed by atoms with E-state index in [2.05, 4.69) is 101 Å². The Morgan fingerprint density at radius 2 is 1.47 bits per heavy atom. The van der Waals surface area contributed by atoms with Crippen molar-refractivity contribution in [2.24, 2.45) is 0 Å². The SMILES string of the molecule is c1ccc(COc2ccccc2C(c2cccc3ccccc23)N2CCCNCC2)cc1. The van der Waals surface area contributed by atoms with Crippen molar-refractivity contribution in [2.75, 3.05) is 26.2 Å². The molecule has 4 aromatic rings. The maximum Gasteiger partial charge on any atom is 0.124 e. The van der Waals surface area contributed by atoms with Crippen molar-refractivity contribution in [3.63, 3.8) is 0 Å². The Bertz CT molecular complexity index is 1140. The van der Waals surface area contributed by atoms with Gasteiger partial charge in [0.15, 0.2) is 0 Å². The molecule has 0 aliphatic carbocycles. The van der Waals surface area contributed by atoms with E-state index < -0.39 is 0 Å². The molecule has 1 N–H and O–H groups in total. The zero-order valence-corrected chi connectivity index (χ0v) is 18.4. The molecule has 4 aromatic carbocycles. The molecule has 32 heavy (non-hydrogen) atoms. The molecular weight excluding hydrogens is 392 g/mol. The Morgan fingerprint density at radius 1 is 0.719 bits per heavy atom. The van der Waals surface area contributed by atoms with E-state index >= 15 is 0 Å². The van der Waals surface area contributed by atoms with Gasteiger partial charge in [-0.15, -0.1) is 0 Å². The zero-order chi connectivity index (χ0) is 21.6. The van der Waals surface area contributed by atoms with Crippen molar-refractivity contribution in [3.8, 4) is 5.75 Å². The molecule has 3 heteroatoms. The molecule has 0 saturated carbocycles. The van der Waals surface area contributed by atoms with Crippen LogP contribution in [-0.2, 0) is 6.61 Å². The summed E-state index contributed by atoms with van der Waals surface area (Å²) >= 11 is 0. The Hall–Kier alpha value is -3.14. The second-order valence-corrected chi connectivity index (χ2v) is 8.42. The van der Waals surface area contributed by atoms with Gasteiger partial charge in [0.05, 0.1) is 6.04 Å². The lowest BCUT2D eigenvalue weighted by Crippen LogP contribution is -2.33. The average molecular weight is 423 g/mol. The van der Waals surface area contributed by atoms with Crippen LogP contribution >= 0.6 is 0 Å². The number of hydrogen-bond acceptors (Lipinski definition) is 3. The second-order valence-electron chi connectivity index (χ2n) is 8.42. The number of rotatable bonds is 6. The van der Waals surface area contributed by atoms with Crippen molar-refractivity contribution < 1.29 is 4.74 Å². The van der Waals surface area contributed by atoms with Crippen LogP contribution in [0.15, 0.2) is 97.1 Å². The van der Waals surface area contributed by atoms with Crippen LogP contribution in [-0.4, -0.2) is 31.1 Å². The fourth-order valence-electron chi connectivity index (χ4n) is 4.75. The first-order valence-electron chi connectivity index (χ1n) is 11.6. The highest BCUT2D eigenvalue weighted by molar-refractivity contribution is 5.86. The van der Waals surface area contributed by atoms with Crippen LogP contribution in [0.2, 0.25) is 0 Å². The number of nitrogens with one attached hydrogen (secondary N) is 1. The van der Waals surface area contributed by atoms with Crippen LogP contribution in [0.5, 0.6) is 5.75 Å². The van der Waals surface area contributed by atoms with Crippen molar-refractivity contribution in [1.29, 1.82) is 0 Å². The minimum Gasteiger partial charge on any atom is -0.489 e. The summed E-state index contributed by atoms with van der Waals surface area (Å²) in [5, 5.41) is 6.16. The molecule has 1 aliphatic heterocycles. The first kappa shape index (κ1) is 20.7. The van der Waals surface area contributed by atoms with E-state index in [1.165, 1.54) is 27.5 Å². The molecule has 1 unspecified atom stereocenters. The smallest absolute Gasteiger partial charge is 0.124 e. The number of nitrogens with zero attached hydrogens (tertiary/aromatic N) is 1. The van der Waals surface area contributed by atoms with E-state index in [4.69, 9.17) is 4.74 Å². The van der Waals surface area contributed by atoms with E-state index in [1.54, 1.807) is 0 Å². The lowest BCUT2D eigenvalue weighted by atomic mass is 9.91. The number of fused-ring (bicyclic) bond motifs is 1. The first-order chi connectivity index (χ1) is 15.9. The lowest BCUT2D eigenvalue weighted by Gasteiger charge is -2.33. The van der Waals surface area contributed by atoms with E-state index in [1.807, 2.05) is 6.07 Å². The van der Waals surface area contributed by atoms with Gasteiger partial charge >= 0.3 is 0 Å². The molecule has 0 aromatic heterocycles. The molecule has 5 rings (SSSR count). The monoisotopic (exact) mass is 422 g/mol. The Morgan fingerprint density at radius 3 is 2.41 bits per heavy atom. The van der Waals surface area contributed by atoms with Gasteiger partial charge in [-0.2, -0.15) is 0 Å². The third-order valence-electron chi connectivity index (χ3n) is 6.31. The maximum absolute atomic E-state index is 6.42. The highest BCUT2D eigenvalue weighted by Gasteiger charge is 2.27. The molecule has 1 heterocycles. The fraction of sp³-hybridized carbons (Fsp3) is 0.241. The molecule has 162 valence electrons. The van der Waals surface area contributed by atoms with E-state index in [-0.39, 0.29) is 6.04 Å². The summed E-state index contributed by atoms with van der Waals surface area (Å²) in [6.45, 7) is 4.73. The van der Waals surface area contributed by atoms with Gasteiger partial charge in [0.2, 0.25) is 0 Å². The van der Waals surface area contributed by atoms with E-state index in [0.29, 0.717) is 6.61 Å². The summed E-state index contributed by atoms with van der Waals surface area (Å²) in [6, 6.07) is 34.5. The second kappa shape index (κ2) is 9.99. The molecule has 0 radical (unpaired) electrons. The van der Waals surface area contributed by atoms with Gasteiger partial charge in [-0.05, 0) is 40.9 Å². The van der Waals surface area contributed by atoms with Crippen LogP contribution < -0.4 is 10.1 Å². The summed E-state index contributed by atoms with van der Waals surface area (Å²) in [6.07, 6.45) is 1.15. The minimum atomic E-state index is 0.146. The molecule has 1 atom stereocenters.